The summed E-state index contributed by atoms with van der Waals surface area (Å²) in [4.78, 5) is 9.11. The summed E-state index contributed by atoms with van der Waals surface area (Å²) >= 11 is 0. The zero-order valence-corrected chi connectivity index (χ0v) is 11.9. The van der Waals surface area contributed by atoms with Crippen LogP contribution in [0.4, 0.5) is 11.4 Å². The van der Waals surface area contributed by atoms with E-state index >= 15 is 0 Å². The number of nitro groups is 1. The number of tetrazole rings is 1. The Labute approximate surface area is 128 Å². The monoisotopic (exact) mass is 337 g/mol. The van der Waals surface area contributed by atoms with Gasteiger partial charge in [-0.05, 0) is 17.3 Å². The number of hydrogen-bond acceptors (Lipinski definition) is 9. The summed E-state index contributed by atoms with van der Waals surface area (Å²) in [5.74, 6) is 0.00376. The molecule has 0 amide bonds. The molecule has 0 aliphatic heterocycles. The second kappa shape index (κ2) is 6.17. The highest BCUT2D eigenvalue weighted by atomic mass is 32.2. The number of benzene rings is 1. The molecule has 23 heavy (non-hydrogen) atoms. The maximum Gasteiger partial charge on any atom is 0.301 e. The van der Waals surface area contributed by atoms with Gasteiger partial charge in [0.2, 0.25) is 5.82 Å². The van der Waals surface area contributed by atoms with Crippen LogP contribution in [0.3, 0.4) is 0 Å². The van der Waals surface area contributed by atoms with Crippen molar-refractivity contribution in [2.24, 2.45) is 0 Å². The van der Waals surface area contributed by atoms with Gasteiger partial charge in [0.25, 0.3) is 5.69 Å². The van der Waals surface area contributed by atoms with Crippen LogP contribution in [-0.4, -0.2) is 38.5 Å². The Morgan fingerprint density at radius 2 is 2.26 bits per heavy atom. The Balaban J connectivity index is 2.37. The first-order chi connectivity index (χ1) is 10.8. The SMILES string of the molecule is N#CC(=CNc1ccc(S(=O)(=O)O)c([N+](=O)[O-])c1)c1nn[nH]n1. The maximum atomic E-state index is 11.1. The number of nitriles is 1. The standard InChI is InChI=1S/C10H7N7O5S/c11-4-6(10-13-15-16-14-10)5-12-7-1-2-9(23(20,21)22)8(3-7)17(18)19/h1-3,5,12H,(H,20,21,22)(H,13,14,15,16). The van der Waals surface area contributed by atoms with Crippen molar-refractivity contribution in [2.45, 2.75) is 4.90 Å². The zero-order chi connectivity index (χ0) is 17.0. The molecule has 0 atom stereocenters. The van der Waals surface area contributed by atoms with Gasteiger partial charge in [-0.3, -0.25) is 14.7 Å². The molecular weight excluding hydrogens is 330 g/mol. The molecule has 0 saturated heterocycles. The van der Waals surface area contributed by atoms with Gasteiger partial charge in [0.15, 0.2) is 4.90 Å². The maximum absolute atomic E-state index is 11.1. The summed E-state index contributed by atoms with van der Waals surface area (Å²) in [6, 6.07) is 4.73. The van der Waals surface area contributed by atoms with E-state index in [1.807, 2.05) is 0 Å². The minimum Gasteiger partial charge on any atom is -0.360 e. The number of aromatic amines is 1. The normalized spacial score (nSPS) is 11.7. The molecule has 1 heterocycles. The second-order valence-electron chi connectivity index (χ2n) is 3.96. The number of allylic oxidation sites excluding steroid dienone is 1. The van der Waals surface area contributed by atoms with Gasteiger partial charge in [-0.2, -0.15) is 18.9 Å². The van der Waals surface area contributed by atoms with Crippen molar-refractivity contribution >= 4 is 27.1 Å². The minimum absolute atomic E-state index is 0.00376. The van der Waals surface area contributed by atoms with Crippen LogP contribution in [0.2, 0.25) is 0 Å². The van der Waals surface area contributed by atoms with Crippen LogP contribution in [0.5, 0.6) is 0 Å². The van der Waals surface area contributed by atoms with Crippen molar-refractivity contribution in [3.05, 3.63) is 40.3 Å². The molecule has 3 N–H and O–H groups in total. The van der Waals surface area contributed by atoms with Crippen molar-refractivity contribution in [1.29, 1.82) is 5.26 Å². The molecule has 0 spiro atoms. The average molecular weight is 337 g/mol. The van der Waals surface area contributed by atoms with Crippen molar-refractivity contribution in [2.75, 3.05) is 5.32 Å². The van der Waals surface area contributed by atoms with Gasteiger partial charge in [0, 0.05) is 18.0 Å². The highest BCUT2D eigenvalue weighted by Gasteiger charge is 2.24. The molecule has 0 unspecified atom stereocenters. The van der Waals surface area contributed by atoms with Crippen molar-refractivity contribution in [3.63, 3.8) is 0 Å². The van der Waals surface area contributed by atoms with E-state index in [0.717, 1.165) is 18.3 Å². The summed E-state index contributed by atoms with van der Waals surface area (Å²) in [7, 11) is -4.74. The Morgan fingerprint density at radius 3 is 2.78 bits per heavy atom. The van der Waals surface area contributed by atoms with E-state index in [4.69, 9.17) is 9.81 Å². The van der Waals surface area contributed by atoms with Crippen molar-refractivity contribution in [1.82, 2.24) is 20.6 Å². The number of nitrogens with zero attached hydrogens (tertiary/aromatic N) is 5. The van der Waals surface area contributed by atoms with E-state index < -0.39 is 25.6 Å². The Morgan fingerprint density at radius 1 is 1.52 bits per heavy atom. The largest absolute Gasteiger partial charge is 0.360 e. The first-order valence-electron chi connectivity index (χ1n) is 5.69. The molecule has 1 aromatic carbocycles. The van der Waals surface area contributed by atoms with Crippen molar-refractivity contribution in [3.8, 4) is 6.07 Å². The van der Waals surface area contributed by atoms with Gasteiger partial charge in [0.1, 0.15) is 11.6 Å². The summed E-state index contributed by atoms with van der Waals surface area (Å²) in [6.07, 6.45) is 1.16. The molecule has 0 bridgehead atoms. The molecule has 0 aliphatic carbocycles. The molecule has 13 heteroatoms. The Bertz CT molecular complexity index is 914. The fraction of sp³-hybridized carbons (Fsp3) is 0. The smallest absolute Gasteiger partial charge is 0.301 e. The number of H-pyrrole nitrogens is 1. The first kappa shape index (κ1) is 16.0. The predicted octanol–water partition coefficient (Wildman–Crippen LogP) is 0.331. The van der Waals surface area contributed by atoms with Gasteiger partial charge >= 0.3 is 10.1 Å². The van der Waals surface area contributed by atoms with E-state index in [0.29, 0.717) is 0 Å². The molecular formula is C10H7N7O5S. The van der Waals surface area contributed by atoms with Crippen LogP contribution in [0.1, 0.15) is 5.82 Å². The zero-order valence-electron chi connectivity index (χ0n) is 11.0. The van der Waals surface area contributed by atoms with Crippen molar-refractivity contribution < 1.29 is 17.9 Å². The average Bonchev–Trinajstić information content (AvgIpc) is 3.01. The second-order valence-corrected chi connectivity index (χ2v) is 5.35. The van der Waals surface area contributed by atoms with E-state index in [1.165, 1.54) is 6.07 Å². The third-order valence-corrected chi connectivity index (χ3v) is 3.42. The van der Waals surface area contributed by atoms with E-state index in [9.17, 15) is 18.5 Å². The fourth-order valence-corrected chi connectivity index (χ4v) is 2.18. The third-order valence-electron chi connectivity index (χ3n) is 2.52. The highest BCUT2D eigenvalue weighted by Crippen LogP contribution is 2.27. The molecule has 2 rings (SSSR count). The van der Waals surface area contributed by atoms with E-state index in [-0.39, 0.29) is 17.1 Å². The fourth-order valence-electron chi connectivity index (χ4n) is 1.55. The molecule has 118 valence electrons. The van der Waals surface area contributed by atoms with Crippen LogP contribution < -0.4 is 5.32 Å². The lowest BCUT2D eigenvalue weighted by atomic mass is 10.2. The number of nitro benzene ring substituents is 1. The highest BCUT2D eigenvalue weighted by molar-refractivity contribution is 7.86. The summed E-state index contributed by atoms with van der Waals surface area (Å²) < 4.78 is 31.1. The molecule has 2 aromatic rings. The summed E-state index contributed by atoms with van der Waals surface area (Å²) in [5.41, 5.74) is -0.718. The van der Waals surface area contributed by atoms with Crippen LogP contribution in [0.15, 0.2) is 29.3 Å². The number of nitrogens with one attached hydrogen (secondary N) is 2. The van der Waals surface area contributed by atoms with E-state index in [1.54, 1.807) is 6.07 Å². The number of anilines is 1. The molecule has 1 aromatic heterocycles. The third kappa shape index (κ3) is 3.64. The number of hydrogen-bond donors (Lipinski definition) is 3. The molecule has 0 radical (unpaired) electrons. The molecule has 12 nitrogen and oxygen atoms in total. The van der Waals surface area contributed by atoms with Gasteiger partial charge in [-0.25, -0.2) is 0 Å². The summed E-state index contributed by atoms with van der Waals surface area (Å²) in [6.45, 7) is 0. The van der Waals surface area contributed by atoms with Crippen LogP contribution in [0, 0.1) is 21.4 Å². The molecule has 0 saturated carbocycles. The lowest BCUT2D eigenvalue weighted by Gasteiger charge is -2.04. The topological polar surface area (TPSA) is 188 Å². The predicted molar refractivity (Wildman–Crippen MR) is 74.3 cm³/mol. The first-order valence-corrected chi connectivity index (χ1v) is 7.13. The van der Waals surface area contributed by atoms with Gasteiger partial charge in [0.05, 0.1) is 4.92 Å². The number of aromatic nitrogens is 4. The molecule has 0 aliphatic rings. The lowest BCUT2D eigenvalue weighted by Crippen LogP contribution is -2.04. The Kier molecular flexibility index (Phi) is 4.30. The summed E-state index contributed by atoms with van der Waals surface area (Å²) in [5, 5.41) is 35.1. The van der Waals surface area contributed by atoms with Gasteiger partial charge in [-0.15, -0.1) is 10.2 Å². The Hall–Kier alpha value is -3.37. The van der Waals surface area contributed by atoms with Crippen LogP contribution in [-0.2, 0) is 10.1 Å². The van der Waals surface area contributed by atoms with Crippen LogP contribution in [0.25, 0.3) is 5.57 Å². The quantitative estimate of drug-likeness (QED) is 0.297. The van der Waals surface area contributed by atoms with E-state index in [2.05, 4.69) is 25.9 Å². The minimum atomic E-state index is -4.74. The van der Waals surface area contributed by atoms with Crippen LogP contribution >= 0.6 is 0 Å². The lowest BCUT2D eigenvalue weighted by molar-refractivity contribution is -0.387. The van der Waals surface area contributed by atoms with Gasteiger partial charge < -0.3 is 5.32 Å². The number of rotatable bonds is 5. The van der Waals surface area contributed by atoms with Gasteiger partial charge in [-0.1, -0.05) is 0 Å². The molecule has 0 fully saturated rings.